The largest absolute Gasteiger partial charge is 0.484 e. The topological polar surface area (TPSA) is 97.2 Å². The highest BCUT2D eigenvalue weighted by molar-refractivity contribution is 7.98. The van der Waals surface area contributed by atoms with Gasteiger partial charge in [0.05, 0.1) is 17.1 Å². The summed E-state index contributed by atoms with van der Waals surface area (Å²) in [7, 11) is 0. The molecule has 1 atom stereocenters. The number of nitrogens with zero attached hydrogens (tertiary/aromatic N) is 1. The monoisotopic (exact) mass is 423 g/mol. The van der Waals surface area contributed by atoms with Crippen LogP contribution in [0.3, 0.4) is 0 Å². The van der Waals surface area contributed by atoms with Gasteiger partial charge in [-0.05, 0) is 48.8 Å². The van der Waals surface area contributed by atoms with Crippen LogP contribution in [-0.2, 0) is 4.79 Å². The minimum absolute atomic E-state index is 0.154. The quantitative estimate of drug-likeness (QED) is 0.420. The first-order valence-corrected chi connectivity index (χ1v) is 10.9. The van der Waals surface area contributed by atoms with Gasteiger partial charge in [0, 0.05) is 17.5 Å². The molecule has 4 aromatic rings. The number of hydrogen-bond acceptors (Lipinski definition) is 6. The maximum absolute atomic E-state index is 12.5. The molecule has 0 aliphatic heterocycles. The number of hydrogen-bond donors (Lipinski definition) is 2. The van der Waals surface area contributed by atoms with E-state index >= 15 is 0 Å². The van der Waals surface area contributed by atoms with Crippen molar-refractivity contribution in [1.29, 1.82) is 0 Å². The standard InChI is InChI=1S/C22H21N3O4S/c1-30-11-10-18(22-24-16-4-2-3-5-17(16)25-22)23-20(26)13-28-15-8-6-14-7-9-21(27)29-19(14)12-15/h2-9,12,18H,10-11,13H2,1H3,(H,23,26)(H,24,25)/t18-/m1/s1. The van der Waals surface area contributed by atoms with Gasteiger partial charge in [0.25, 0.3) is 5.91 Å². The number of nitrogens with one attached hydrogen (secondary N) is 2. The van der Waals surface area contributed by atoms with E-state index in [0.29, 0.717) is 11.3 Å². The second-order valence-corrected chi connectivity index (χ2v) is 7.77. The zero-order valence-corrected chi connectivity index (χ0v) is 17.2. The van der Waals surface area contributed by atoms with E-state index in [4.69, 9.17) is 9.15 Å². The normalized spacial score (nSPS) is 12.2. The summed E-state index contributed by atoms with van der Waals surface area (Å²) in [6.45, 7) is -0.154. The molecule has 0 saturated carbocycles. The average Bonchev–Trinajstić information content (AvgIpc) is 3.19. The summed E-state index contributed by atoms with van der Waals surface area (Å²) in [4.78, 5) is 31.8. The van der Waals surface area contributed by atoms with Gasteiger partial charge >= 0.3 is 5.63 Å². The van der Waals surface area contributed by atoms with Gasteiger partial charge in [-0.2, -0.15) is 11.8 Å². The third-order valence-corrected chi connectivity index (χ3v) is 5.29. The molecule has 2 heterocycles. The van der Waals surface area contributed by atoms with E-state index in [9.17, 15) is 9.59 Å². The minimum atomic E-state index is -0.431. The second-order valence-electron chi connectivity index (χ2n) is 6.78. The van der Waals surface area contributed by atoms with Crippen LogP contribution >= 0.6 is 11.8 Å². The van der Waals surface area contributed by atoms with Crippen LogP contribution in [-0.4, -0.2) is 34.5 Å². The van der Waals surface area contributed by atoms with E-state index in [-0.39, 0.29) is 18.6 Å². The van der Waals surface area contributed by atoms with Crippen LogP contribution in [0.4, 0.5) is 0 Å². The number of H-pyrrole nitrogens is 1. The fourth-order valence-electron chi connectivity index (χ4n) is 3.17. The molecule has 2 aromatic carbocycles. The number of thioether (sulfide) groups is 1. The van der Waals surface area contributed by atoms with Crippen molar-refractivity contribution in [2.45, 2.75) is 12.5 Å². The molecule has 1 amide bonds. The Bertz CT molecular complexity index is 1200. The van der Waals surface area contributed by atoms with Crippen molar-refractivity contribution in [1.82, 2.24) is 15.3 Å². The summed E-state index contributed by atoms with van der Waals surface area (Å²) < 4.78 is 10.8. The van der Waals surface area contributed by atoms with Crippen LogP contribution in [0.1, 0.15) is 18.3 Å². The highest BCUT2D eigenvalue weighted by Gasteiger charge is 2.18. The van der Waals surface area contributed by atoms with Gasteiger partial charge in [0.15, 0.2) is 6.61 Å². The Morgan fingerprint density at radius 1 is 1.23 bits per heavy atom. The number of aromatic amines is 1. The molecule has 154 valence electrons. The summed E-state index contributed by atoms with van der Waals surface area (Å²) in [5, 5.41) is 3.79. The number of aromatic nitrogens is 2. The molecule has 4 rings (SSSR count). The van der Waals surface area contributed by atoms with E-state index < -0.39 is 5.63 Å². The first kappa shape index (κ1) is 20.0. The molecule has 7 nitrogen and oxygen atoms in total. The van der Waals surface area contributed by atoms with Crippen molar-refractivity contribution in [2.24, 2.45) is 0 Å². The summed E-state index contributed by atoms with van der Waals surface area (Å²) >= 11 is 1.71. The van der Waals surface area contributed by atoms with E-state index in [1.165, 1.54) is 6.07 Å². The third-order valence-electron chi connectivity index (χ3n) is 4.65. The molecule has 0 fully saturated rings. The molecule has 2 N–H and O–H groups in total. The molecule has 0 saturated heterocycles. The number of ether oxygens (including phenoxy) is 1. The predicted molar refractivity (Wildman–Crippen MR) is 118 cm³/mol. The average molecular weight is 423 g/mol. The van der Waals surface area contributed by atoms with Crippen molar-refractivity contribution in [3.63, 3.8) is 0 Å². The number of imidazole rings is 1. The van der Waals surface area contributed by atoms with Gasteiger partial charge in [-0.3, -0.25) is 4.79 Å². The number of para-hydroxylation sites is 2. The Labute approximate surface area is 176 Å². The molecular weight excluding hydrogens is 402 g/mol. The van der Waals surface area contributed by atoms with Gasteiger partial charge in [-0.1, -0.05) is 12.1 Å². The Hall–Kier alpha value is -3.26. The number of amides is 1. The summed E-state index contributed by atoms with van der Waals surface area (Å²) in [5.74, 6) is 1.81. The fraction of sp³-hybridized carbons (Fsp3) is 0.227. The number of carbonyl (C=O) groups is 1. The first-order chi connectivity index (χ1) is 14.6. The summed E-state index contributed by atoms with van der Waals surface area (Å²) in [6.07, 6.45) is 2.77. The van der Waals surface area contributed by atoms with Crippen LogP contribution in [0.15, 0.2) is 63.8 Å². The van der Waals surface area contributed by atoms with Crippen molar-refractivity contribution in [3.8, 4) is 5.75 Å². The van der Waals surface area contributed by atoms with Crippen LogP contribution in [0, 0.1) is 0 Å². The minimum Gasteiger partial charge on any atom is -0.484 e. The Balaban J connectivity index is 1.44. The van der Waals surface area contributed by atoms with Crippen molar-refractivity contribution in [2.75, 3.05) is 18.6 Å². The molecule has 30 heavy (non-hydrogen) atoms. The lowest BCUT2D eigenvalue weighted by Gasteiger charge is -2.16. The van der Waals surface area contributed by atoms with Crippen molar-refractivity contribution in [3.05, 3.63) is 70.8 Å². The lowest BCUT2D eigenvalue weighted by molar-refractivity contribution is -0.123. The molecule has 0 aliphatic carbocycles. The number of carbonyl (C=O) groups excluding carboxylic acids is 1. The van der Waals surface area contributed by atoms with Gasteiger partial charge in [0.2, 0.25) is 0 Å². The molecule has 0 unspecified atom stereocenters. The van der Waals surface area contributed by atoms with Gasteiger partial charge in [0.1, 0.15) is 17.2 Å². The highest BCUT2D eigenvalue weighted by atomic mass is 32.2. The maximum Gasteiger partial charge on any atom is 0.336 e. The van der Waals surface area contributed by atoms with E-state index in [1.807, 2.05) is 30.5 Å². The number of rotatable bonds is 8. The Morgan fingerprint density at radius 2 is 2.07 bits per heavy atom. The van der Waals surface area contributed by atoms with Crippen molar-refractivity contribution < 1.29 is 13.9 Å². The lowest BCUT2D eigenvalue weighted by Crippen LogP contribution is -2.33. The fourth-order valence-corrected chi connectivity index (χ4v) is 3.64. The van der Waals surface area contributed by atoms with Crippen LogP contribution in [0.5, 0.6) is 5.75 Å². The molecule has 0 aliphatic rings. The molecule has 0 bridgehead atoms. The number of benzene rings is 2. The summed E-state index contributed by atoms with van der Waals surface area (Å²) in [6, 6.07) is 15.7. The Morgan fingerprint density at radius 3 is 2.90 bits per heavy atom. The van der Waals surface area contributed by atoms with Crippen LogP contribution in [0.2, 0.25) is 0 Å². The maximum atomic E-state index is 12.5. The molecule has 0 spiro atoms. The molecule has 2 aromatic heterocycles. The highest BCUT2D eigenvalue weighted by Crippen LogP contribution is 2.21. The first-order valence-electron chi connectivity index (χ1n) is 9.52. The Kier molecular flexibility index (Phi) is 6.04. The zero-order chi connectivity index (χ0) is 20.9. The smallest absolute Gasteiger partial charge is 0.336 e. The SMILES string of the molecule is CSCC[C@@H](NC(=O)COc1ccc2ccc(=O)oc2c1)c1nc2ccccc2[nH]1. The summed E-state index contributed by atoms with van der Waals surface area (Å²) in [5.41, 5.74) is 1.79. The van der Waals surface area contributed by atoms with E-state index in [2.05, 4.69) is 15.3 Å². The second kappa shape index (κ2) is 9.04. The van der Waals surface area contributed by atoms with Gasteiger partial charge < -0.3 is 19.5 Å². The zero-order valence-electron chi connectivity index (χ0n) is 16.4. The van der Waals surface area contributed by atoms with E-state index in [1.54, 1.807) is 36.0 Å². The molecule has 8 heteroatoms. The lowest BCUT2D eigenvalue weighted by atomic mass is 10.2. The predicted octanol–water partition coefficient (Wildman–Crippen LogP) is 3.66. The molecule has 0 radical (unpaired) electrons. The van der Waals surface area contributed by atoms with Crippen molar-refractivity contribution >= 4 is 39.7 Å². The van der Waals surface area contributed by atoms with Gasteiger partial charge in [-0.15, -0.1) is 0 Å². The number of fused-ring (bicyclic) bond motifs is 2. The van der Waals surface area contributed by atoms with E-state index in [0.717, 1.165) is 34.4 Å². The van der Waals surface area contributed by atoms with Gasteiger partial charge in [-0.25, -0.2) is 9.78 Å². The van der Waals surface area contributed by atoms with Crippen LogP contribution < -0.4 is 15.7 Å². The van der Waals surface area contributed by atoms with Crippen LogP contribution in [0.25, 0.3) is 22.0 Å². The molecular formula is C22H21N3O4S. The third kappa shape index (κ3) is 4.65.